The molecule has 1 aromatic carbocycles. The molecule has 0 aliphatic rings. The molecule has 1 rings (SSSR count). The van der Waals surface area contributed by atoms with E-state index in [4.69, 9.17) is 9.84 Å². The number of nitrogens with one attached hydrogen (secondary N) is 1. The molecule has 114 valence electrons. The minimum Gasteiger partial charge on any atom is -0.491 e. The van der Waals surface area contributed by atoms with E-state index in [1.165, 1.54) is 0 Å². The van der Waals surface area contributed by atoms with Crippen LogP contribution in [0, 0.1) is 5.92 Å². The van der Waals surface area contributed by atoms with Crippen LogP contribution in [0.4, 0.5) is 0 Å². The SMILES string of the molecule is CCC(CCO)CNCC(O)COc1cccc(Br)c1. The predicted molar refractivity (Wildman–Crippen MR) is 84.0 cm³/mol. The molecular weight excluding hydrogens is 322 g/mol. The van der Waals surface area contributed by atoms with Gasteiger partial charge in [0.05, 0.1) is 0 Å². The Kier molecular flexibility index (Phi) is 8.85. The number of aliphatic hydroxyl groups excluding tert-OH is 2. The highest BCUT2D eigenvalue weighted by Gasteiger charge is 2.08. The second-order valence-corrected chi connectivity index (χ2v) is 5.78. The van der Waals surface area contributed by atoms with Gasteiger partial charge in [0.1, 0.15) is 18.5 Å². The van der Waals surface area contributed by atoms with Crippen molar-refractivity contribution in [1.29, 1.82) is 0 Å². The zero-order valence-corrected chi connectivity index (χ0v) is 13.5. The lowest BCUT2D eigenvalue weighted by molar-refractivity contribution is 0.105. The van der Waals surface area contributed by atoms with Crippen molar-refractivity contribution in [3.8, 4) is 5.75 Å². The molecule has 5 heteroatoms. The van der Waals surface area contributed by atoms with Gasteiger partial charge in [-0.1, -0.05) is 35.3 Å². The molecule has 2 unspecified atom stereocenters. The Morgan fingerprint density at radius 2 is 2.15 bits per heavy atom. The fourth-order valence-corrected chi connectivity index (χ4v) is 2.27. The Bertz CT molecular complexity index is 376. The molecule has 0 radical (unpaired) electrons. The zero-order valence-electron chi connectivity index (χ0n) is 11.9. The molecule has 20 heavy (non-hydrogen) atoms. The maximum atomic E-state index is 9.85. The molecule has 1 aromatic rings. The first-order chi connectivity index (χ1) is 9.65. The van der Waals surface area contributed by atoms with Crippen molar-refractivity contribution in [2.75, 3.05) is 26.3 Å². The molecule has 0 spiro atoms. The normalized spacial score (nSPS) is 14.0. The van der Waals surface area contributed by atoms with Crippen molar-refractivity contribution in [1.82, 2.24) is 5.32 Å². The van der Waals surface area contributed by atoms with E-state index in [0.29, 0.717) is 12.5 Å². The third-order valence-corrected chi connectivity index (χ3v) is 3.66. The van der Waals surface area contributed by atoms with Gasteiger partial charge in [-0.2, -0.15) is 0 Å². The number of ether oxygens (including phenoxy) is 1. The van der Waals surface area contributed by atoms with E-state index in [1.807, 2.05) is 24.3 Å². The third kappa shape index (κ3) is 7.24. The van der Waals surface area contributed by atoms with Crippen LogP contribution < -0.4 is 10.1 Å². The highest BCUT2D eigenvalue weighted by molar-refractivity contribution is 9.10. The molecule has 0 aliphatic heterocycles. The molecule has 0 saturated carbocycles. The Morgan fingerprint density at radius 1 is 1.35 bits per heavy atom. The number of aliphatic hydroxyl groups is 2. The summed E-state index contributed by atoms with van der Waals surface area (Å²) >= 11 is 3.37. The summed E-state index contributed by atoms with van der Waals surface area (Å²) in [5, 5.41) is 22.0. The number of hydrogen-bond donors (Lipinski definition) is 3. The minimum absolute atomic E-state index is 0.217. The molecule has 4 nitrogen and oxygen atoms in total. The van der Waals surface area contributed by atoms with Gasteiger partial charge in [0.15, 0.2) is 0 Å². The van der Waals surface area contributed by atoms with Gasteiger partial charge in [0, 0.05) is 17.6 Å². The largest absolute Gasteiger partial charge is 0.491 e. The van der Waals surface area contributed by atoms with Crippen molar-refractivity contribution in [2.24, 2.45) is 5.92 Å². The van der Waals surface area contributed by atoms with Crippen molar-refractivity contribution >= 4 is 15.9 Å². The van der Waals surface area contributed by atoms with Crippen LogP contribution in [-0.2, 0) is 0 Å². The summed E-state index contributed by atoms with van der Waals surface area (Å²) in [5.74, 6) is 1.20. The molecule has 2 atom stereocenters. The minimum atomic E-state index is -0.541. The van der Waals surface area contributed by atoms with Crippen molar-refractivity contribution in [3.63, 3.8) is 0 Å². The quantitative estimate of drug-likeness (QED) is 0.608. The number of hydrogen-bond acceptors (Lipinski definition) is 4. The first-order valence-electron chi connectivity index (χ1n) is 7.03. The van der Waals surface area contributed by atoms with E-state index in [2.05, 4.69) is 28.2 Å². The number of halogens is 1. The monoisotopic (exact) mass is 345 g/mol. The lowest BCUT2D eigenvalue weighted by Gasteiger charge is -2.17. The third-order valence-electron chi connectivity index (χ3n) is 3.17. The number of benzene rings is 1. The Balaban J connectivity index is 2.18. The maximum Gasteiger partial charge on any atom is 0.120 e. The molecule has 0 heterocycles. The van der Waals surface area contributed by atoms with Gasteiger partial charge < -0.3 is 20.3 Å². The van der Waals surface area contributed by atoms with E-state index >= 15 is 0 Å². The van der Waals surface area contributed by atoms with Gasteiger partial charge in [-0.15, -0.1) is 0 Å². The lowest BCUT2D eigenvalue weighted by Crippen LogP contribution is -2.34. The fourth-order valence-electron chi connectivity index (χ4n) is 1.90. The summed E-state index contributed by atoms with van der Waals surface area (Å²) in [5.41, 5.74) is 0. The van der Waals surface area contributed by atoms with Gasteiger partial charge in [0.2, 0.25) is 0 Å². The summed E-state index contributed by atoms with van der Waals surface area (Å²) in [6.07, 6.45) is 1.28. The van der Waals surface area contributed by atoms with Gasteiger partial charge in [-0.3, -0.25) is 0 Å². The van der Waals surface area contributed by atoms with Crippen LogP contribution in [0.1, 0.15) is 19.8 Å². The van der Waals surface area contributed by atoms with Crippen LogP contribution in [0.25, 0.3) is 0 Å². The standard InChI is InChI=1S/C15H24BrNO3/c1-2-12(6-7-18)9-17-10-14(19)11-20-15-5-3-4-13(16)8-15/h3-5,8,12,14,17-19H,2,6-7,9-11H2,1H3. The van der Waals surface area contributed by atoms with E-state index < -0.39 is 6.10 Å². The van der Waals surface area contributed by atoms with E-state index in [-0.39, 0.29) is 13.2 Å². The first kappa shape index (κ1) is 17.4. The summed E-state index contributed by atoms with van der Waals surface area (Å²) in [6.45, 7) is 3.89. The van der Waals surface area contributed by atoms with Crippen molar-refractivity contribution in [2.45, 2.75) is 25.9 Å². The maximum absolute atomic E-state index is 9.85. The van der Waals surface area contributed by atoms with E-state index in [1.54, 1.807) is 0 Å². The van der Waals surface area contributed by atoms with Gasteiger partial charge >= 0.3 is 0 Å². The molecule has 0 saturated heterocycles. The average molecular weight is 346 g/mol. The highest BCUT2D eigenvalue weighted by atomic mass is 79.9. The van der Waals surface area contributed by atoms with Gasteiger partial charge in [-0.05, 0) is 37.1 Å². The van der Waals surface area contributed by atoms with Gasteiger partial charge in [0.25, 0.3) is 0 Å². The second kappa shape index (κ2) is 10.2. The summed E-state index contributed by atoms with van der Waals surface area (Å²) in [7, 11) is 0. The van der Waals surface area contributed by atoms with Crippen LogP contribution in [0.15, 0.2) is 28.7 Å². The van der Waals surface area contributed by atoms with E-state index in [0.717, 1.165) is 29.6 Å². The van der Waals surface area contributed by atoms with Crippen molar-refractivity contribution in [3.05, 3.63) is 28.7 Å². The fraction of sp³-hybridized carbons (Fsp3) is 0.600. The molecular formula is C15H24BrNO3. The molecule has 3 N–H and O–H groups in total. The van der Waals surface area contributed by atoms with Crippen LogP contribution >= 0.6 is 15.9 Å². The van der Waals surface area contributed by atoms with Crippen LogP contribution in [0.2, 0.25) is 0 Å². The summed E-state index contributed by atoms with van der Waals surface area (Å²) in [4.78, 5) is 0. The van der Waals surface area contributed by atoms with Crippen LogP contribution in [0.3, 0.4) is 0 Å². The highest BCUT2D eigenvalue weighted by Crippen LogP contribution is 2.17. The Morgan fingerprint density at radius 3 is 2.80 bits per heavy atom. The molecule has 0 amide bonds. The Hall–Kier alpha value is -0.620. The summed E-state index contributed by atoms with van der Waals surface area (Å²) in [6, 6.07) is 7.55. The molecule has 0 fully saturated rings. The predicted octanol–water partition coefficient (Wildman–Crippen LogP) is 2.19. The summed E-state index contributed by atoms with van der Waals surface area (Å²) < 4.78 is 6.48. The van der Waals surface area contributed by atoms with Gasteiger partial charge in [-0.25, -0.2) is 0 Å². The average Bonchev–Trinajstić information content (AvgIpc) is 2.44. The Labute approximate surface area is 129 Å². The number of rotatable bonds is 10. The van der Waals surface area contributed by atoms with Crippen LogP contribution in [-0.4, -0.2) is 42.6 Å². The second-order valence-electron chi connectivity index (χ2n) is 4.87. The van der Waals surface area contributed by atoms with E-state index in [9.17, 15) is 5.11 Å². The zero-order chi connectivity index (χ0) is 14.8. The smallest absolute Gasteiger partial charge is 0.120 e. The molecule has 0 aromatic heterocycles. The first-order valence-corrected chi connectivity index (χ1v) is 7.83. The lowest BCUT2D eigenvalue weighted by atomic mass is 10.0. The molecule has 0 aliphatic carbocycles. The van der Waals surface area contributed by atoms with Crippen LogP contribution in [0.5, 0.6) is 5.75 Å². The molecule has 0 bridgehead atoms. The van der Waals surface area contributed by atoms with Crippen molar-refractivity contribution < 1.29 is 14.9 Å². The topological polar surface area (TPSA) is 61.7 Å².